The number of anilines is 1. The molecule has 2 heterocycles. The minimum atomic E-state index is -0.490. The summed E-state index contributed by atoms with van der Waals surface area (Å²) in [7, 11) is 1.86. The number of nitrogens with one attached hydrogen (secondary N) is 1. The van der Waals surface area contributed by atoms with Crippen LogP contribution in [0.3, 0.4) is 0 Å². The van der Waals surface area contributed by atoms with Crippen molar-refractivity contribution in [3.05, 3.63) is 50.5 Å². The zero-order valence-corrected chi connectivity index (χ0v) is 20.2. The fourth-order valence-corrected chi connectivity index (χ4v) is 4.70. The molecule has 176 valence electrons. The van der Waals surface area contributed by atoms with Gasteiger partial charge in [-0.05, 0) is 51.8 Å². The molecule has 8 nitrogen and oxygen atoms in total. The second-order valence-corrected chi connectivity index (χ2v) is 8.87. The summed E-state index contributed by atoms with van der Waals surface area (Å²) in [4.78, 5) is 26.3. The summed E-state index contributed by atoms with van der Waals surface area (Å²) in [5, 5.41) is 7.31. The summed E-state index contributed by atoms with van der Waals surface area (Å²) in [5.41, 5.74) is 2.12. The molecule has 1 aliphatic rings. The van der Waals surface area contributed by atoms with Gasteiger partial charge in [0.05, 0.1) is 23.9 Å². The first kappa shape index (κ1) is 23.2. The number of rotatable bonds is 6. The molecule has 3 aromatic rings. The maximum absolute atomic E-state index is 13.2. The average molecular weight is 473 g/mol. The van der Waals surface area contributed by atoms with E-state index in [9.17, 15) is 9.59 Å². The van der Waals surface area contributed by atoms with Gasteiger partial charge in [-0.2, -0.15) is 0 Å². The molecule has 0 aliphatic heterocycles. The second kappa shape index (κ2) is 9.47. The van der Waals surface area contributed by atoms with E-state index in [1.807, 2.05) is 25.6 Å². The Labute approximate surface area is 197 Å². The first-order valence-corrected chi connectivity index (χ1v) is 11.7. The van der Waals surface area contributed by atoms with Crippen LogP contribution in [0.25, 0.3) is 11.3 Å². The zero-order valence-electron chi connectivity index (χ0n) is 19.4. The Kier molecular flexibility index (Phi) is 6.65. The number of halogens is 1. The Hall–Kier alpha value is -3.00. The van der Waals surface area contributed by atoms with Gasteiger partial charge in [-0.25, -0.2) is 4.68 Å². The molecule has 2 aromatic heterocycles. The highest BCUT2D eigenvalue weighted by Crippen LogP contribution is 2.36. The molecule has 1 amide bonds. The summed E-state index contributed by atoms with van der Waals surface area (Å²) in [5.74, 6) is 0.478. The van der Waals surface area contributed by atoms with Crippen molar-refractivity contribution in [2.75, 3.05) is 11.9 Å². The summed E-state index contributed by atoms with van der Waals surface area (Å²) in [6.07, 6.45) is 5.36. The van der Waals surface area contributed by atoms with Crippen molar-refractivity contribution in [2.24, 2.45) is 7.05 Å². The maximum Gasteiger partial charge on any atom is 0.291 e. The van der Waals surface area contributed by atoms with Gasteiger partial charge in [0, 0.05) is 17.6 Å². The predicted molar refractivity (Wildman–Crippen MR) is 127 cm³/mol. The molecule has 33 heavy (non-hydrogen) atoms. The number of hydrogen-bond acceptors (Lipinski definition) is 5. The molecule has 1 aromatic carbocycles. The van der Waals surface area contributed by atoms with Gasteiger partial charge < -0.3 is 14.6 Å². The van der Waals surface area contributed by atoms with Gasteiger partial charge in [0.1, 0.15) is 11.4 Å². The number of nitrogens with zero attached hydrogens (tertiary/aromatic N) is 3. The van der Waals surface area contributed by atoms with Gasteiger partial charge in [-0.1, -0.05) is 36.0 Å². The second-order valence-electron chi connectivity index (χ2n) is 8.44. The summed E-state index contributed by atoms with van der Waals surface area (Å²) in [6.45, 7) is 5.91. The fourth-order valence-electron chi connectivity index (χ4n) is 4.54. The highest BCUT2D eigenvalue weighted by atomic mass is 35.5. The van der Waals surface area contributed by atoms with Crippen LogP contribution in [0.2, 0.25) is 5.02 Å². The van der Waals surface area contributed by atoms with Crippen molar-refractivity contribution in [2.45, 2.75) is 58.9 Å². The van der Waals surface area contributed by atoms with Crippen molar-refractivity contribution < 1.29 is 14.1 Å². The van der Waals surface area contributed by atoms with Crippen molar-refractivity contribution in [1.82, 2.24) is 14.5 Å². The highest BCUT2D eigenvalue weighted by Gasteiger charge is 2.27. The van der Waals surface area contributed by atoms with Gasteiger partial charge in [0.25, 0.3) is 11.5 Å². The largest absolute Gasteiger partial charge is 0.493 e. The standard InChI is InChI=1S/C24H29ClN4O4/c1-5-32-19-13-16(25)11-12-18(19)22-14(2)20(27-33-22)23(30)26-21-15(3)28(4)29(24(21)31)17-9-7-6-8-10-17/h11-13,17H,5-10H2,1-4H3,(H,26,30). The third kappa shape index (κ3) is 4.31. The first-order chi connectivity index (χ1) is 15.8. The van der Waals surface area contributed by atoms with Crippen LogP contribution in [0.1, 0.15) is 66.8 Å². The van der Waals surface area contributed by atoms with Gasteiger partial charge >= 0.3 is 0 Å². The lowest BCUT2D eigenvalue weighted by Crippen LogP contribution is -2.29. The molecule has 0 spiro atoms. The van der Waals surface area contributed by atoms with E-state index in [1.165, 1.54) is 6.42 Å². The van der Waals surface area contributed by atoms with Crippen LogP contribution < -0.4 is 15.6 Å². The van der Waals surface area contributed by atoms with E-state index in [4.69, 9.17) is 20.9 Å². The number of amides is 1. The maximum atomic E-state index is 13.2. The van der Waals surface area contributed by atoms with E-state index in [0.717, 1.165) is 25.7 Å². The molecule has 1 aliphatic carbocycles. The van der Waals surface area contributed by atoms with Crippen molar-refractivity contribution >= 4 is 23.2 Å². The summed E-state index contributed by atoms with van der Waals surface area (Å²) >= 11 is 6.10. The van der Waals surface area contributed by atoms with Gasteiger partial charge in [0.15, 0.2) is 11.5 Å². The Morgan fingerprint density at radius 2 is 2.00 bits per heavy atom. The van der Waals surface area contributed by atoms with Crippen LogP contribution in [0.4, 0.5) is 5.69 Å². The lowest BCUT2D eigenvalue weighted by Gasteiger charge is -2.24. The van der Waals surface area contributed by atoms with Crippen molar-refractivity contribution in [1.29, 1.82) is 0 Å². The molecule has 1 N–H and O–H groups in total. The Morgan fingerprint density at radius 1 is 1.27 bits per heavy atom. The van der Waals surface area contributed by atoms with Crippen LogP contribution >= 0.6 is 11.6 Å². The quantitative estimate of drug-likeness (QED) is 0.527. The van der Waals surface area contributed by atoms with Crippen LogP contribution in [-0.4, -0.2) is 27.0 Å². The van der Waals surface area contributed by atoms with Crippen LogP contribution in [0.5, 0.6) is 5.75 Å². The molecule has 0 saturated heterocycles. The zero-order chi connectivity index (χ0) is 23.7. The van der Waals surface area contributed by atoms with E-state index >= 15 is 0 Å². The van der Waals surface area contributed by atoms with Crippen molar-refractivity contribution in [3.8, 4) is 17.1 Å². The van der Waals surface area contributed by atoms with E-state index < -0.39 is 5.91 Å². The van der Waals surface area contributed by atoms with Crippen molar-refractivity contribution in [3.63, 3.8) is 0 Å². The first-order valence-electron chi connectivity index (χ1n) is 11.3. The number of carbonyl (C=O) groups is 1. The third-order valence-corrected chi connectivity index (χ3v) is 6.61. The average Bonchev–Trinajstić information content (AvgIpc) is 3.27. The predicted octanol–water partition coefficient (Wildman–Crippen LogP) is 5.27. The summed E-state index contributed by atoms with van der Waals surface area (Å²) < 4.78 is 14.8. The number of carbonyl (C=O) groups excluding carboxylic acids is 1. The molecule has 4 rings (SSSR count). The molecule has 0 radical (unpaired) electrons. The van der Waals surface area contributed by atoms with Crippen LogP contribution in [0.15, 0.2) is 27.5 Å². The Balaban J connectivity index is 1.64. The smallest absolute Gasteiger partial charge is 0.291 e. The SMILES string of the molecule is CCOc1cc(Cl)ccc1-c1onc(C(=O)Nc2c(C)n(C)n(C3CCCCC3)c2=O)c1C. The highest BCUT2D eigenvalue weighted by molar-refractivity contribution is 6.30. The van der Waals surface area contributed by atoms with Crippen LogP contribution in [0, 0.1) is 13.8 Å². The van der Waals surface area contributed by atoms with Gasteiger partial charge in [0.2, 0.25) is 0 Å². The minimum absolute atomic E-state index is 0.120. The van der Waals surface area contributed by atoms with E-state index in [1.54, 1.807) is 29.8 Å². The number of hydrogen-bond donors (Lipinski definition) is 1. The molecule has 0 bridgehead atoms. The topological polar surface area (TPSA) is 91.3 Å². The molecule has 0 unspecified atom stereocenters. The number of ether oxygens (including phenoxy) is 1. The number of aromatic nitrogens is 3. The van der Waals surface area contributed by atoms with E-state index in [-0.39, 0.29) is 23.0 Å². The monoisotopic (exact) mass is 472 g/mol. The minimum Gasteiger partial charge on any atom is -0.493 e. The lowest BCUT2D eigenvalue weighted by atomic mass is 9.96. The molecular formula is C24H29ClN4O4. The normalized spacial score (nSPS) is 14.5. The Morgan fingerprint density at radius 3 is 2.70 bits per heavy atom. The van der Waals surface area contributed by atoms with E-state index in [2.05, 4.69) is 10.5 Å². The summed E-state index contributed by atoms with van der Waals surface area (Å²) in [6, 6.07) is 5.35. The third-order valence-electron chi connectivity index (χ3n) is 6.38. The molecule has 9 heteroatoms. The van der Waals surface area contributed by atoms with Gasteiger partial charge in [-0.3, -0.25) is 14.3 Å². The number of benzene rings is 1. The molecular weight excluding hydrogens is 444 g/mol. The Bertz CT molecular complexity index is 1230. The van der Waals surface area contributed by atoms with E-state index in [0.29, 0.717) is 40.0 Å². The molecule has 1 saturated carbocycles. The van der Waals surface area contributed by atoms with Crippen LogP contribution in [-0.2, 0) is 7.05 Å². The lowest BCUT2D eigenvalue weighted by molar-refractivity contribution is 0.101. The molecule has 0 atom stereocenters. The molecule has 1 fully saturated rings. The van der Waals surface area contributed by atoms with Gasteiger partial charge in [-0.15, -0.1) is 0 Å². The fraction of sp³-hybridized carbons (Fsp3) is 0.458.